The fraction of sp³-hybridized carbons (Fsp3) is 0.867. The molecule has 6 heteroatoms. The Morgan fingerprint density at radius 1 is 1.14 bits per heavy atom. The summed E-state index contributed by atoms with van der Waals surface area (Å²) >= 11 is 0. The van der Waals surface area contributed by atoms with E-state index in [0.29, 0.717) is 19.0 Å². The zero-order valence-electron chi connectivity index (χ0n) is 13.1. The lowest BCUT2D eigenvalue weighted by atomic mass is 9.75. The van der Waals surface area contributed by atoms with E-state index in [9.17, 15) is 19.8 Å². The normalized spacial score (nSPS) is 28.0. The number of carbonyl (C=O) groups excluding carboxylic acids is 1. The highest BCUT2D eigenvalue weighted by Crippen LogP contribution is 2.34. The van der Waals surface area contributed by atoms with E-state index in [1.165, 1.54) is 4.90 Å². The van der Waals surface area contributed by atoms with Crippen LogP contribution in [0.15, 0.2) is 0 Å². The Bertz CT molecular complexity index is 410. The number of β-amino-alcohol motifs (C(OH)–C–C–N with tert-alkyl or cyclic N) is 1. The third kappa shape index (κ3) is 3.48. The fourth-order valence-electron chi connectivity index (χ4n) is 3.38. The molecule has 2 rings (SSSR count). The maximum Gasteiger partial charge on any atom is 0.326 e. The number of urea groups is 1. The molecule has 0 spiro atoms. The van der Waals surface area contributed by atoms with Gasteiger partial charge in [0, 0.05) is 26.1 Å². The van der Waals surface area contributed by atoms with Gasteiger partial charge >= 0.3 is 12.0 Å². The van der Waals surface area contributed by atoms with Crippen LogP contribution in [0, 0.1) is 11.3 Å². The van der Waals surface area contributed by atoms with Crippen LogP contribution in [-0.4, -0.2) is 63.8 Å². The first-order valence-electron chi connectivity index (χ1n) is 7.66. The van der Waals surface area contributed by atoms with Gasteiger partial charge in [-0.3, -0.25) is 0 Å². The van der Waals surface area contributed by atoms with E-state index in [2.05, 4.69) is 20.8 Å². The Kier molecular flexibility index (Phi) is 4.46. The summed E-state index contributed by atoms with van der Waals surface area (Å²) in [5.41, 5.74) is 0.239. The first-order valence-corrected chi connectivity index (χ1v) is 7.66. The molecule has 2 amide bonds. The number of carbonyl (C=O) groups is 2. The summed E-state index contributed by atoms with van der Waals surface area (Å²) in [6.45, 7) is 8.10. The van der Waals surface area contributed by atoms with Crippen LogP contribution in [0.4, 0.5) is 4.79 Å². The minimum Gasteiger partial charge on any atom is -0.480 e. The molecule has 2 heterocycles. The molecule has 6 nitrogen and oxygen atoms in total. The molecular weight excluding hydrogens is 272 g/mol. The number of aliphatic hydroxyl groups excluding tert-OH is 1. The monoisotopic (exact) mass is 298 g/mol. The van der Waals surface area contributed by atoms with Crippen molar-refractivity contribution in [3.63, 3.8) is 0 Å². The van der Waals surface area contributed by atoms with Crippen molar-refractivity contribution in [2.24, 2.45) is 11.3 Å². The number of piperidine rings is 1. The van der Waals surface area contributed by atoms with E-state index >= 15 is 0 Å². The SMILES string of the molecule is CC(C)(C)C1CCN(C(=O)N2CC(O)C[C@H]2C(=O)O)CC1. The molecule has 1 unspecified atom stereocenters. The van der Waals surface area contributed by atoms with Gasteiger partial charge < -0.3 is 20.0 Å². The van der Waals surface area contributed by atoms with Gasteiger partial charge in [0.25, 0.3) is 0 Å². The summed E-state index contributed by atoms with van der Waals surface area (Å²) in [5, 5.41) is 18.8. The molecule has 0 aromatic heterocycles. The number of hydrogen-bond donors (Lipinski definition) is 2. The summed E-state index contributed by atoms with van der Waals surface area (Å²) in [5.74, 6) is -0.453. The lowest BCUT2D eigenvalue weighted by Gasteiger charge is -2.40. The van der Waals surface area contributed by atoms with E-state index in [1.807, 2.05) is 0 Å². The van der Waals surface area contributed by atoms with Gasteiger partial charge in [-0.25, -0.2) is 9.59 Å². The molecule has 2 aliphatic heterocycles. The number of aliphatic carboxylic acids is 1. The van der Waals surface area contributed by atoms with Crippen LogP contribution >= 0.6 is 0 Å². The Hall–Kier alpha value is -1.30. The molecule has 0 aromatic rings. The number of nitrogens with zero attached hydrogens (tertiary/aromatic N) is 2. The molecule has 0 aliphatic carbocycles. The maximum absolute atomic E-state index is 12.5. The quantitative estimate of drug-likeness (QED) is 0.766. The van der Waals surface area contributed by atoms with Gasteiger partial charge in [0.15, 0.2) is 0 Å². The van der Waals surface area contributed by atoms with Gasteiger partial charge in [0.1, 0.15) is 6.04 Å². The van der Waals surface area contributed by atoms with Crippen molar-refractivity contribution in [1.82, 2.24) is 9.80 Å². The van der Waals surface area contributed by atoms with Gasteiger partial charge in [-0.05, 0) is 24.2 Å². The Morgan fingerprint density at radius 2 is 1.71 bits per heavy atom. The lowest BCUT2D eigenvalue weighted by Crippen LogP contribution is -2.51. The molecule has 0 bridgehead atoms. The van der Waals surface area contributed by atoms with Gasteiger partial charge in [-0.1, -0.05) is 20.8 Å². The Labute approximate surface area is 125 Å². The van der Waals surface area contributed by atoms with E-state index in [1.54, 1.807) is 4.90 Å². The van der Waals surface area contributed by atoms with Crippen molar-refractivity contribution in [2.45, 2.75) is 52.2 Å². The second-order valence-corrected chi connectivity index (χ2v) is 7.31. The highest BCUT2D eigenvalue weighted by atomic mass is 16.4. The molecule has 120 valence electrons. The third-order valence-electron chi connectivity index (χ3n) is 4.80. The average Bonchev–Trinajstić information content (AvgIpc) is 2.79. The number of aliphatic hydroxyl groups is 1. The van der Waals surface area contributed by atoms with Crippen molar-refractivity contribution < 1.29 is 19.8 Å². The van der Waals surface area contributed by atoms with Crippen molar-refractivity contribution >= 4 is 12.0 Å². The Morgan fingerprint density at radius 3 is 2.19 bits per heavy atom. The smallest absolute Gasteiger partial charge is 0.326 e. The summed E-state index contributed by atoms with van der Waals surface area (Å²) in [4.78, 5) is 26.7. The van der Waals surface area contributed by atoms with E-state index in [0.717, 1.165) is 12.8 Å². The zero-order valence-corrected chi connectivity index (χ0v) is 13.1. The molecule has 21 heavy (non-hydrogen) atoms. The van der Waals surface area contributed by atoms with Crippen LogP contribution in [-0.2, 0) is 4.79 Å². The summed E-state index contributed by atoms with van der Waals surface area (Å²) in [6.07, 6.45) is 1.29. The van der Waals surface area contributed by atoms with Crippen LogP contribution in [0.5, 0.6) is 0 Å². The highest BCUT2D eigenvalue weighted by molar-refractivity contribution is 5.83. The lowest BCUT2D eigenvalue weighted by molar-refractivity contribution is -0.141. The molecule has 0 saturated carbocycles. The second kappa shape index (κ2) is 5.83. The van der Waals surface area contributed by atoms with Crippen molar-refractivity contribution in [2.75, 3.05) is 19.6 Å². The number of carboxylic acid groups (broad SMARTS) is 1. The highest BCUT2D eigenvalue weighted by Gasteiger charge is 2.41. The molecule has 2 aliphatic rings. The topological polar surface area (TPSA) is 81.1 Å². The number of amides is 2. The molecule has 0 aromatic carbocycles. The van der Waals surface area contributed by atoms with Gasteiger partial charge in [0.2, 0.25) is 0 Å². The molecule has 2 atom stereocenters. The second-order valence-electron chi connectivity index (χ2n) is 7.31. The minimum absolute atomic E-state index is 0.120. The average molecular weight is 298 g/mol. The standard InChI is InChI=1S/C15H26N2O4/c1-15(2,3)10-4-6-16(7-5-10)14(21)17-9-11(18)8-12(17)13(19)20/h10-12,18H,4-9H2,1-3H3,(H,19,20)/t11?,12-/m0/s1. The first kappa shape index (κ1) is 16.1. The van der Waals surface area contributed by atoms with Crippen LogP contribution in [0.25, 0.3) is 0 Å². The van der Waals surface area contributed by atoms with E-state index in [4.69, 9.17) is 0 Å². The van der Waals surface area contributed by atoms with Crippen molar-refractivity contribution in [3.05, 3.63) is 0 Å². The summed E-state index contributed by atoms with van der Waals surface area (Å²) in [6, 6.07) is -1.14. The van der Waals surface area contributed by atoms with E-state index in [-0.39, 0.29) is 24.4 Å². The van der Waals surface area contributed by atoms with Gasteiger partial charge in [-0.2, -0.15) is 0 Å². The first-order chi connectivity index (χ1) is 9.70. The molecule has 0 radical (unpaired) electrons. The van der Waals surface area contributed by atoms with Crippen LogP contribution in [0.1, 0.15) is 40.0 Å². The largest absolute Gasteiger partial charge is 0.480 e. The number of rotatable bonds is 1. The molecule has 2 N–H and O–H groups in total. The van der Waals surface area contributed by atoms with Crippen molar-refractivity contribution in [1.29, 1.82) is 0 Å². The van der Waals surface area contributed by atoms with Gasteiger partial charge in [0.05, 0.1) is 6.10 Å². The third-order valence-corrected chi connectivity index (χ3v) is 4.80. The van der Waals surface area contributed by atoms with Crippen LogP contribution < -0.4 is 0 Å². The minimum atomic E-state index is -1.04. The maximum atomic E-state index is 12.5. The number of hydrogen-bond acceptors (Lipinski definition) is 3. The predicted molar refractivity (Wildman–Crippen MR) is 77.9 cm³/mol. The Balaban J connectivity index is 1.97. The van der Waals surface area contributed by atoms with Crippen LogP contribution in [0.2, 0.25) is 0 Å². The van der Waals surface area contributed by atoms with E-state index < -0.39 is 18.1 Å². The number of likely N-dealkylation sites (tertiary alicyclic amines) is 2. The summed E-state index contributed by atoms with van der Waals surface area (Å²) in [7, 11) is 0. The number of carboxylic acids is 1. The predicted octanol–water partition coefficient (Wildman–Crippen LogP) is 1.38. The molecular formula is C15H26N2O4. The van der Waals surface area contributed by atoms with Crippen molar-refractivity contribution in [3.8, 4) is 0 Å². The molecule has 2 fully saturated rings. The summed E-state index contributed by atoms with van der Waals surface area (Å²) < 4.78 is 0. The van der Waals surface area contributed by atoms with Crippen LogP contribution in [0.3, 0.4) is 0 Å². The fourth-order valence-corrected chi connectivity index (χ4v) is 3.38. The molecule has 2 saturated heterocycles. The zero-order chi connectivity index (χ0) is 15.8. The van der Waals surface area contributed by atoms with Gasteiger partial charge in [-0.15, -0.1) is 0 Å².